The van der Waals surface area contributed by atoms with Gasteiger partial charge < -0.3 is 5.73 Å². The van der Waals surface area contributed by atoms with E-state index in [0.29, 0.717) is 29.1 Å². The summed E-state index contributed by atoms with van der Waals surface area (Å²) in [5.74, 6) is 0. The number of hydrogen-bond acceptors (Lipinski definition) is 4. The van der Waals surface area contributed by atoms with Gasteiger partial charge >= 0.3 is 0 Å². The van der Waals surface area contributed by atoms with E-state index in [9.17, 15) is 4.79 Å². The topological polar surface area (TPSA) is 73.8 Å². The van der Waals surface area contributed by atoms with Gasteiger partial charge in [-0.2, -0.15) is 0 Å². The van der Waals surface area contributed by atoms with Gasteiger partial charge in [0.15, 0.2) is 5.65 Å². The van der Waals surface area contributed by atoms with Crippen molar-refractivity contribution in [2.45, 2.75) is 33.2 Å². The van der Waals surface area contributed by atoms with Crippen LogP contribution in [0.4, 0.5) is 5.69 Å². The van der Waals surface area contributed by atoms with Gasteiger partial charge in [0.1, 0.15) is 11.2 Å². The van der Waals surface area contributed by atoms with Crippen molar-refractivity contribution < 1.29 is 0 Å². The Labute approximate surface area is 134 Å². The number of hydrogen-bond donors (Lipinski definition) is 1. The normalized spacial score (nSPS) is 11.0. The lowest BCUT2D eigenvalue weighted by atomic mass is 10.1. The molecule has 0 unspecified atom stereocenters. The van der Waals surface area contributed by atoms with E-state index in [0.717, 1.165) is 24.0 Å². The van der Waals surface area contributed by atoms with Gasteiger partial charge in [-0.3, -0.25) is 9.36 Å². The molecule has 3 rings (SSSR count). The van der Waals surface area contributed by atoms with Gasteiger partial charge in [-0.05, 0) is 25.5 Å². The molecular formula is C18H20N4O. The largest absolute Gasteiger partial charge is 0.397 e. The number of nitrogens with zero attached hydrogens (tertiary/aromatic N) is 3. The number of aromatic nitrogens is 3. The molecule has 2 heterocycles. The van der Waals surface area contributed by atoms with Crippen LogP contribution in [0.25, 0.3) is 22.4 Å². The number of nitrogen functional groups attached to an aromatic ring is 1. The summed E-state index contributed by atoms with van der Waals surface area (Å²) in [7, 11) is 0. The molecule has 23 heavy (non-hydrogen) atoms. The number of aryl methyl sites for hydroxylation is 2. The molecule has 3 aromatic rings. The Bertz CT molecular complexity index is 915. The van der Waals surface area contributed by atoms with Crippen LogP contribution in [0.1, 0.15) is 25.3 Å². The van der Waals surface area contributed by atoms with Crippen molar-refractivity contribution in [3.8, 4) is 11.3 Å². The first-order valence-electron chi connectivity index (χ1n) is 7.84. The van der Waals surface area contributed by atoms with Crippen molar-refractivity contribution in [2.24, 2.45) is 0 Å². The molecule has 118 valence electrons. The highest BCUT2D eigenvalue weighted by Crippen LogP contribution is 2.21. The molecule has 0 saturated heterocycles. The molecule has 0 bridgehead atoms. The molecule has 0 fully saturated rings. The smallest absolute Gasteiger partial charge is 0.278 e. The fourth-order valence-corrected chi connectivity index (χ4v) is 2.66. The summed E-state index contributed by atoms with van der Waals surface area (Å²) in [6.07, 6.45) is 3.52. The van der Waals surface area contributed by atoms with Gasteiger partial charge in [0, 0.05) is 18.3 Å². The minimum Gasteiger partial charge on any atom is -0.397 e. The van der Waals surface area contributed by atoms with Crippen LogP contribution in [0, 0.1) is 6.92 Å². The zero-order valence-corrected chi connectivity index (χ0v) is 13.4. The molecule has 0 aliphatic carbocycles. The lowest BCUT2D eigenvalue weighted by molar-refractivity contribution is 0.626. The van der Waals surface area contributed by atoms with Crippen molar-refractivity contribution in [1.82, 2.24) is 14.5 Å². The van der Waals surface area contributed by atoms with E-state index in [2.05, 4.69) is 16.9 Å². The first kappa shape index (κ1) is 15.2. The van der Waals surface area contributed by atoms with E-state index in [-0.39, 0.29) is 5.56 Å². The van der Waals surface area contributed by atoms with Gasteiger partial charge in [0.25, 0.3) is 5.56 Å². The zero-order valence-electron chi connectivity index (χ0n) is 13.4. The second-order valence-corrected chi connectivity index (χ2v) is 5.71. The number of pyridine rings is 1. The number of unbranched alkanes of at least 4 members (excludes halogenated alkanes) is 1. The van der Waals surface area contributed by atoms with Gasteiger partial charge in [0.05, 0.1) is 5.69 Å². The van der Waals surface area contributed by atoms with Gasteiger partial charge in [0.2, 0.25) is 0 Å². The van der Waals surface area contributed by atoms with Crippen LogP contribution in [-0.2, 0) is 6.54 Å². The Morgan fingerprint density at radius 3 is 2.83 bits per heavy atom. The fraction of sp³-hybridized carbons (Fsp3) is 0.278. The summed E-state index contributed by atoms with van der Waals surface area (Å²) < 4.78 is 1.69. The van der Waals surface area contributed by atoms with Crippen LogP contribution in [0.3, 0.4) is 0 Å². The van der Waals surface area contributed by atoms with Gasteiger partial charge in [-0.25, -0.2) is 9.97 Å². The lowest BCUT2D eigenvalue weighted by Crippen LogP contribution is -2.25. The van der Waals surface area contributed by atoms with Crippen molar-refractivity contribution in [2.75, 3.05) is 5.73 Å². The average molecular weight is 308 g/mol. The quantitative estimate of drug-likeness (QED) is 0.803. The van der Waals surface area contributed by atoms with Crippen molar-refractivity contribution in [1.29, 1.82) is 0 Å². The van der Waals surface area contributed by atoms with E-state index in [4.69, 9.17) is 5.73 Å². The second kappa shape index (κ2) is 6.20. The second-order valence-electron chi connectivity index (χ2n) is 5.71. The third kappa shape index (κ3) is 2.82. The third-order valence-electron chi connectivity index (χ3n) is 3.89. The minimum absolute atomic E-state index is 0.116. The lowest BCUT2D eigenvalue weighted by Gasteiger charge is -2.12. The minimum atomic E-state index is -0.116. The molecule has 5 nitrogen and oxygen atoms in total. The van der Waals surface area contributed by atoms with Gasteiger partial charge in [-0.15, -0.1) is 0 Å². The monoisotopic (exact) mass is 308 g/mol. The summed E-state index contributed by atoms with van der Waals surface area (Å²) >= 11 is 0. The van der Waals surface area contributed by atoms with E-state index >= 15 is 0 Å². The predicted octanol–water partition coefficient (Wildman–Crippen LogP) is 3.15. The summed E-state index contributed by atoms with van der Waals surface area (Å²) in [4.78, 5) is 21.8. The number of anilines is 1. The Balaban J connectivity index is 2.32. The van der Waals surface area contributed by atoms with Crippen LogP contribution in [-0.4, -0.2) is 14.5 Å². The summed E-state index contributed by atoms with van der Waals surface area (Å²) in [6.45, 7) is 4.71. The molecule has 0 atom stereocenters. The Morgan fingerprint density at radius 1 is 1.26 bits per heavy atom. The molecular weight excluding hydrogens is 288 g/mol. The molecule has 0 radical (unpaired) electrons. The van der Waals surface area contributed by atoms with E-state index in [1.165, 1.54) is 0 Å². The van der Waals surface area contributed by atoms with Crippen molar-refractivity contribution >= 4 is 16.9 Å². The Morgan fingerprint density at radius 2 is 2.09 bits per heavy atom. The number of benzene rings is 1. The molecule has 2 N–H and O–H groups in total. The van der Waals surface area contributed by atoms with Crippen molar-refractivity contribution in [3.63, 3.8) is 0 Å². The standard InChI is InChI=1S/C18H20N4O/c1-3-4-10-22-17-16(14(19)8-9-20-17)21-15(18(22)23)13-7-5-6-12(2)11-13/h5-9,11H,3-4,10H2,1-2H3,(H2,19,20). The zero-order chi connectivity index (χ0) is 16.4. The van der Waals surface area contributed by atoms with E-state index in [1.807, 2.05) is 31.2 Å². The number of rotatable bonds is 4. The Hall–Kier alpha value is -2.69. The molecule has 0 amide bonds. The molecule has 0 spiro atoms. The van der Waals surface area contributed by atoms with Crippen molar-refractivity contribution in [3.05, 3.63) is 52.4 Å². The van der Waals surface area contributed by atoms with Gasteiger partial charge in [-0.1, -0.05) is 37.1 Å². The maximum Gasteiger partial charge on any atom is 0.278 e. The average Bonchev–Trinajstić information content (AvgIpc) is 2.54. The summed E-state index contributed by atoms with van der Waals surface area (Å²) in [6, 6.07) is 9.50. The van der Waals surface area contributed by atoms with E-state index in [1.54, 1.807) is 16.8 Å². The molecule has 1 aromatic carbocycles. The highest BCUT2D eigenvalue weighted by Gasteiger charge is 2.15. The molecule has 0 aliphatic heterocycles. The van der Waals surface area contributed by atoms with Crippen LogP contribution < -0.4 is 11.3 Å². The molecule has 0 aliphatic rings. The molecule has 2 aromatic heterocycles. The van der Waals surface area contributed by atoms with Crippen LogP contribution in [0.15, 0.2) is 41.3 Å². The third-order valence-corrected chi connectivity index (χ3v) is 3.89. The SMILES string of the molecule is CCCCn1c(=O)c(-c2cccc(C)c2)nc2c(N)ccnc21. The number of nitrogens with two attached hydrogens (primary N) is 1. The van der Waals surface area contributed by atoms with Crippen LogP contribution in [0.5, 0.6) is 0 Å². The van der Waals surface area contributed by atoms with Crippen LogP contribution >= 0.6 is 0 Å². The fourth-order valence-electron chi connectivity index (χ4n) is 2.66. The van der Waals surface area contributed by atoms with E-state index < -0.39 is 0 Å². The predicted molar refractivity (Wildman–Crippen MR) is 93.3 cm³/mol. The maximum atomic E-state index is 12.9. The summed E-state index contributed by atoms with van der Waals surface area (Å²) in [5.41, 5.74) is 9.95. The highest BCUT2D eigenvalue weighted by atomic mass is 16.1. The first-order chi connectivity index (χ1) is 11.1. The Kier molecular flexibility index (Phi) is 4.10. The summed E-state index contributed by atoms with van der Waals surface area (Å²) in [5, 5.41) is 0. The maximum absolute atomic E-state index is 12.9. The number of fused-ring (bicyclic) bond motifs is 1. The highest BCUT2D eigenvalue weighted by molar-refractivity contribution is 5.85. The molecule has 0 saturated carbocycles. The first-order valence-corrected chi connectivity index (χ1v) is 7.84. The molecule has 5 heteroatoms. The van der Waals surface area contributed by atoms with Crippen LogP contribution in [0.2, 0.25) is 0 Å².